The summed E-state index contributed by atoms with van der Waals surface area (Å²) in [6.07, 6.45) is 0.177. The van der Waals surface area contributed by atoms with Crippen molar-refractivity contribution in [2.45, 2.75) is 46.7 Å². The zero-order valence-electron chi connectivity index (χ0n) is 12.1. The van der Waals surface area contributed by atoms with Gasteiger partial charge in [0.2, 0.25) is 0 Å². The van der Waals surface area contributed by atoms with Gasteiger partial charge in [-0.1, -0.05) is 37.3 Å². The molecule has 2 atom stereocenters. The fraction of sp³-hybridized carbons (Fsp3) is 0.533. The highest BCUT2D eigenvalue weighted by molar-refractivity contribution is 6.42. The average Bonchev–Trinajstić information content (AvgIpc) is 2.34. The molecule has 0 aromatic heterocycles. The number of hydrogen-bond acceptors (Lipinski definition) is 1. The van der Waals surface area contributed by atoms with Crippen molar-refractivity contribution in [2.24, 2.45) is 5.92 Å². The molecule has 1 aromatic carbocycles. The minimum atomic E-state index is 0.145. The molecule has 0 amide bonds. The Hall–Kier alpha value is -1.09. The molecular formula is C15H23BNO+. The van der Waals surface area contributed by atoms with Crippen molar-refractivity contribution >= 4 is 12.8 Å². The number of benzene rings is 1. The molecule has 0 fully saturated rings. The minimum Gasteiger partial charge on any atom is -0.366 e. The molecule has 0 saturated heterocycles. The van der Waals surface area contributed by atoms with Crippen LogP contribution in [0.25, 0.3) is 0 Å². The summed E-state index contributed by atoms with van der Waals surface area (Å²) < 4.78 is 8.61. The maximum atomic E-state index is 6.23. The van der Waals surface area contributed by atoms with Gasteiger partial charge in [-0.25, -0.2) is 0 Å². The van der Waals surface area contributed by atoms with Crippen LogP contribution in [0.1, 0.15) is 39.4 Å². The van der Waals surface area contributed by atoms with Gasteiger partial charge < -0.3 is 4.65 Å². The highest BCUT2D eigenvalue weighted by atomic mass is 16.5. The Morgan fingerprint density at radius 2 is 1.83 bits per heavy atom. The van der Waals surface area contributed by atoms with Crippen LogP contribution in [0.5, 0.6) is 0 Å². The lowest BCUT2D eigenvalue weighted by molar-refractivity contribution is -0.454. The van der Waals surface area contributed by atoms with Gasteiger partial charge in [-0.3, -0.25) is 4.49 Å². The Morgan fingerprint density at radius 1 is 1.22 bits per heavy atom. The Morgan fingerprint density at radius 3 is 2.39 bits per heavy atom. The first kappa shape index (κ1) is 13.3. The molecule has 0 bridgehead atoms. The number of nitrogens with zero attached hydrogens (tertiary/aromatic N) is 1. The highest BCUT2D eigenvalue weighted by Crippen LogP contribution is 2.31. The van der Waals surface area contributed by atoms with E-state index in [1.807, 2.05) is 0 Å². The maximum Gasteiger partial charge on any atom is 0.651 e. The molecule has 0 N–H and O–H groups in total. The van der Waals surface area contributed by atoms with Gasteiger partial charge in [0.1, 0.15) is 11.8 Å². The van der Waals surface area contributed by atoms with E-state index in [1.54, 1.807) is 0 Å². The van der Waals surface area contributed by atoms with Crippen LogP contribution < -0.4 is 0 Å². The summed E-state index contributed by atoms with van der Waals surface area (Å²) in [6, 6.07) is 11.0. The fourth-order valence-corrected chi connectivity index (χ4v) is 2.97. The van der Waals surface area contributed by atoms with E-state index in [0.717, 1.165) is 0 Å². The topological polar surface area (TPSA) is 12.2 Å². The maximum absolute atomic E-state index is 6.23. The lowest BCUT2D eigenvalue weighted by atomic mass is 9.77. The van der Waals surface area contributed by atoms with Crippen molar-refractivity contribution < 1.29 is 9.14 Å². The summed E-state index contributed by atoms with van der Waals surface area (Å²) >= 11 is 0. The Balaban J connectivity index is 2.35. The van der Waals surface area contributed by atoms with E-state index in [-0.39, 0.29) is 13.2 Å². The van der Waals surface area contributed by atoms with Crippen molar-refractivity contribution in [3.63, 3.8) is 0 Å². The predicted octanol–water partition coefficient (Wildman–Crippen LogP) is 3.39. The molecule has 0 spiro atoms. The van der Waals surface area contributed by atoms with E-state index < -0.39 is 0 Å². The zero-order chi connectivity index (χ0) is 13.3. The van der Waals surface area contributed by atoms with Crippen LogP contribution in [0.2, 0.25) is 6.82 Å². The second kappa shape index (κ2) is 5.27. The highest BCUT2D eigenvalue weighted by Gasteiger charge is 2.43. The summed E-state index contributed by atoms with van der Waals surface area (Å²) in [7, 11) is 0.145. The molecule has 0 aliphatic carbocycles. The number of hydrogen-bond donors (Lipinski definition) is 0. The summed E-state index contributed by atoms with van der Waals surface area (Å²) in [4.78, 5) is 0. The Bertz CT molecular complexity index is 441. The van der Waals surface area contributed by atoms with E-state index in [0.29, 0.717) is 12.0 Å². The zero-order valence-corrected chi connectivity index (χ0v) is 12.1. The fourth-order valence-electron chi connectivity index (χ4n) is 2.97. The van der Waals surface area contributed by atoms with Gasteiger partial charge in [0.15, 0.2) is 0 Å². The van der Waals surface area contributed by atoms with Gasteiger partial charge in [-0.05, 0) is 19.4 Å². The lowest BCUT2D eigenvalue weighted by Gasteiger charge is -2.32. The van der Waals surface area contributed by atoms with Crippen molar-refractivity contribution in [2.75, 3.05) is 0 Å². The molecule has 18 heavy (non-hydrogen) atoms. The lowest BCUT2D eigenvalue weighted by Crippen LogP contribution is -2.48. The normalized spacial score (nSPS) is 24.9. The largest absolute Gasteiger partial charge is 0.651 e. The molecular weight excluding hydrogens is 221 g/mol. The molecule has 96 valence electrons. The van der Waals surface area contributed by atoms with Crippen LogP contribution in [0.15, 0.2) is 30.3 Å². The molecule has 2 rings (SSSR count). The van der Waals surface area contributed by atoms with Crippen molar-refractivity contribution in [3.05, 3.63) is 35.9 Å². The van der Waals surface area contributed by atoms with Gasteiger partial charge in [0, 0.05) is 13.7 Å². The van der Waals surface area contributed by atoms with Crippen LogP contribution in [0, 0.1) is 5.92 Å². The smallest absolute Gasteiger partial charge is 0.366 e. The standard InChI is InChI=1S/C15H23BNO/c1-11(2)17-13(4)12(3)15(18-16(17)5)14-9-7-6-8-10-14/h6-12,15H,1-5H3/q+1. The first-order valence-corrected chi connectivity index (χ1v) is 6.84. The molecule has 0 saturated carbocycles. The molecule has 1 aromatic rings. The summed E-state index contributed by atoms with van der Waals surface area (Å²) in [6.45, 7) is 11.1. The van der Waals surface area contributed by atoms with E-state index in [9.17, 15) is 0 Å². The quantitative estimate of drug-likeness (QED) is 0.726. The van der Waals surface area contributed by atoms with E-state index in [4.69, 9.17) is 4.65 Å². The van der Waals surface area contributed by atoms with Gasteiger partial charge in [-0.15, -0.1) is 0 Å². The second-order valence-corrected chi connectivity index (χ2v) is 5.50. The third kappa shape index (κ3) is 2.37. The first-order valence-electron chi connectivity index (χ1n) is 6.84. The van der Waals surface area contributed by atoms with Crippen LogP contribution >= 0.6 is 0 Å². The van der Waals surface area contributed by atoms with Gasteiger partial charge in [0.05, 0.1) is 12.0 Å². The van der Waals surface area contributed by atoms with E-state index >= 15 is 0 Å². The molecule has 0 radical (unpaired) electrons. The third-order valence-corrected chi connectivity index (χ3v) is 3.94. The van der Waals surface area contributed by atoms with E-state index in [2.05, 4.69) is 69.3 Å². The molecule has 1 heterocycles. The molecule has 2 unspecified atom stereocenters. The van der Waals surface area contributed by atoms with Gasteiger partial charge >= 0.3 is 7.05 Å². The van der Waals surface area contributed by atoms with Crippen molar-refractivity contribution in [1.29, 1.82) is 0 Å². The van der Waals surface area contributed by atoms with Crippen molar-refractivity contribution in [3.8, 4) is 0 Å². The SMILES string of the molecule is CB1OC(c2ccccc2)C(C)C(C)=[N+]1C(C)C. The number of rotatable bonds is 2. The van der Waals surface area contributed by atoms with Crippen LogP contribution in [0.4, 0.5) is 0 Å². The first-order chi connectivity index (χ1) is 8.52. The minimum absolute atomic E-state index is 0.145. The Labute approximate surface area is 111 Å². The molecule has 1 aliphatic rings. The average molecular weight is 244 g/mol. The van der Waals surface area contributed by atoms with Crippen LogP contribution in [-0.2, 0) is 4.65 Å². The summed E-state index contributed by atoms with van der Waals surface area (Å²) in [5.41, 5.74) is 2.71. The second-order valence-electron chi connectivity index (χ2n) is 5.50. The van der Waals surface area contributed by atoms with Gasteiger partial charge in [0.25, 0.3) is 0 Å². The van der Waals surface area contributed by atoms with Gasteiger partial charge in [-0.2, -0.15) is 0 Å². The summed E-state index contributed by atoms with van der Waals surface area (Å²) in [5, 5.41) is 0. The van der Waals surface area contributed by atoms with Crippen LogP contribution in [-0.4, -0.2) is 23.3 Å². The molecule has 1 aliphatic heterocycles. The summed E-state index contributed by atoms with van der Waals surface area (Å²) in [5.74, 6) is 0.422. The monoisotopic (exact) mass is 244 g/mol. The Kier molecular flexibility index (Phi) is 3.91. The molecule has 2 nitrogen and oxygen atoms in total. The van der Waals surface area contributed by atoms with E-state index in [1.165, 1.54) is 11.3 Å². The molecule has 3 heteroatoms. The predicted molar refractivity (Wildman–Crippen MR) is 77.1 cm³/mol. The van der Waals surface area contributed by atoms with Crippen molar-refractivity contribution in [1.82, 2.24) is 0 Å². The third-order valence-electron chi connectivity index (χ3n) is 3.94. The van der Waals surface area contributed by atoms with Crippen LogP contribution in [0.3, 0.4) is 0 Å².